The van der Waals surface area contributed by atoms with Crippen LogP contribution in [0.15, 0.2) is 73.8 Å². The SMILES string of the molecule is C=CCOc1ccc(C(=O)c2ccccc2)c(OCCn2cncn2)c1. The first kappa shape index (κ1) is 17.4. The van der Waals surface area contributed by atoms with E-state index in [1.807, 2.05) is 18.2 Å². The quantitative estimate of drug-likeness (QED) is 0.438. The van der Waals surface area contributed by atoms with Crippen LogP contribution in [0.2, 0.25) is 0 Å². The van der Waals surface area contributed by atoms with Crippen molar-refractivity contribution in [2.75, 3.05) is 13.2 Å². The number of carbonyl (C=O) groups excluding carboxylic acids is 1. The average molecular weight is 349 g/mol. The maximum atomic E-state index is 12.8. The van der Waals surface area contributed by atoms with Gasteiger partial charge in [0.15, 0.2) is 5.78 Å². The summed E-state index contributed by atoms with van der Waals surface area (Å²) in [5.74, 6) is 0.988. The number of hydrogen-bond donors (Lipinski definition) is 0. The van der Waals surface area contributed by atoms with Crippen LogP contribution in [0.5, 0.6) is 11.5 Å². The lowest BCUT2D eigenvalue weighted by atomic mass is 10.0. The van der Waals surface area contributed by atoms with E-state index < -0.39 is 0 Å². The highest BCUT2D eigenvalue weighted by molar-refractivity contribution is 6.10. The Morgan fingerprint density at radius 3 is 2.73 bits per heavy atom. The van der Waals surface area contributed by atoms with Crippen molar-refractivity contribution < 1.29 is 14.3 Å². The number of benzene rings is 2. The molecule has 0 saturated carbocycles. The number of nitrogens with zero attached hydrogens (tertiary/aromatic N) is 3. The zero-order valence-electron chi connectivity index (χ0n) is 14.2. The first-order valence-electron chi connectivity index (χ1n) is 8.20. The molecule has 0 saturated heterocycles. The second kappa shape index (κ2) is 8.62. The van der Waals surface area contributed by atoms with Gasteiger partial charge in [-0.05, 0) is 12.1 Å². The fourth-order valence-electron chi connectivity index (χ4n) is 2.40. The van der Waals surface area contributed by atoms with E-state index in [1.165, 1.54) is 6.33 Å². The summed E-state index contributed by atoms with van der Waals surface area (Å²) in [5, 5.41) is 4.03. The van der Waals surface area contributed by atoms with Crippen molar-refractivity contribution in [1.82, 2.24) is 14.8 Å². The van der Waals surface area contributed by atoms with Gasteiger partial charge in [0.2, 0.25) is 0 Å². The molecule has 0 bridgehead atoms. The lowest BCUT2D eigenvalue weighted by molar-refractivity contribution is 0.103. The predicted octanol–water partition coefficient (Wildman–Crippen LogP) is 3.15. The van der Waals surface area contributed by atoms with E-state index in [1.54, 1.807) is 47.4 Å². The van der Waals surface area contributed by atoms with Crippen LogP contribution in [-0.2, 0) is 6.54 Å². The molecule has 26 heavy (non-hydrogen) atoms. The summed E-state index contributed by atoms with van der Waals surface area (Å²) in [6, 6.07) is 14.3. The summed E-state index contributed by atoms with van der Waals surface area (Å²) in [7, 11) is 0. The number of ketones is 1. The Hall–Kier alpha value is -3.41. The first-order chi connectivity index (χ1) is 12.8. The minimum Gasteiger partial charge on any atom is -0.491 e. The minimum absolute atomic E-state index is 0.100. The lowest BCUT2D eigenvalue weighted by Gasteiger charge is -2.13. The highest BCUT2D eigenvalue weighted by Gasteiger charge is 2.16. The van der Waals surface area contributed by atoms with Gasteiger partial charge in [-0.25, -0.2) is 9.67 Å². The molecule has 0 fully saturated rings. The molecule has 1 heterocycles. The van der Waals surface area contributed by atoms with Crippen LogP contribution in [0.3, 0.4) is 0 Å². The van der Waals surface area contributed by atoms with Crippen molar-refractivity contribution in [2.45, 2.75) is 6.54 Å². The van der Waals surface area contributed by atoms with Crippen LogP contribution in [0.25, 0.3) is 0 Å². The molecule has 0 atom stereocenters. The molecular formula is C20H19N3O3. The number of rotatable bonds is 9. The molecule has 6 nitrogen and oxygen atoms in total. The summed E-state index contributed by atoms with van der Waals surface area (Å²) in [4.78, 5) is 16.7. The summed E-state index contributed by atoms with van der Waals surface area (Å²) >= 11 is 0. The van der Waals surface area contributed by atoms with Gasteiger partial charge in [-0.2, -0.15) is 5.10 Å². The van der Waals surface area contributed by atoms with E-state index in [0.29, 0.717) is 42.4 Å². The average Bonchev–Trinajstić information content (AvgIpc) is 3.20. The molecule has 0 aliphatic carbocycles. The van der Waals surface area contributed by atoms with Gasteiger partial charge in [0.1, 0.15) is 37.4 Å². The molecule has 0 aliphatic rings. The molecule has 3 aromatic rings. The molecule has 0 radical (unpaired) electrons. The molecule has 132 valence electrons. The van der Waals surface area contributed by atoms with Crippen LogP contribution in [0, 0.1) is 0 Å². The van der Waals surface area contributed by atoms with Crippen LogP contribution in [-0.4, -0.2) is 33.8 Å². The largest absolute Gasteiger partial charge is 0.491 e. The van der Waals surface area contributed by atoms with Gasteiger partial charge in [0, 0.05) is 11.6 Å². The second-order valence-corrected chi connectivity index (χ2v) is 5.46. The lowest BCUT2D eigenvalue weighted by Crippen LogP contribution is -2.11. The molecule has 0 aliphatic heterocycles. The Kier molecular flexibility index (Phi) is 5.77. The van der Waals surface area contributed by atoms with Crippen LogP contribution >= 0.6 is 0 Å². The second-order valence-electron chi connectivity index (χ2n) is 5.46. The summed E-state index contributed by atoms with van der Waals surface area (Å²) in [5.41, 5.74) is 1.09. The first-order valence-corrected chi connectivity index (χ1v) is 8.20. The third-order valence-corrected chi connectivity index (χ3v) is 3.65. The third kappa shape index (κ3) is 4.36. The number of aromatic nitrogens is 3. The van der Waals surface area contributed by atoms with Crippen LogP contribution < -0.4 is 9.47 Å². The summed E-state index contributed by atoms with van der Waals surface area (Å²) in [6.45, 7) is 4.89. The van der Waals surface area contributed by atoms with E-state index in [0.717, 1.165) is 0 Å². The maximum absolute atomic E-state index is 12.8. The number of ether oxygens (including phenoxy) is 2. The Morgan fingerprint density at radius 1 is 1.15 bits per heavy atom. The standard InChI is InChI=1S/C20H19N3O3/c1-2-11-25-17-8-9-18(20(24)16-6-4-3-5-7-16)19(13-17)26-12-10-23-15-21-14-22-23/h2-9,13-15H,1,10-12H2. The van der Waals surface area contributed by atoms with E-state index in [9.17, 15) is 4.79 Å². The van der Waals surface area contributed by atoms with Crippen molar-refractivity contribution in [1.29, 1.82) is 0 Å². The van der Waals surface area contributed by atoms with Gasteiger partial charge in [-0.3, -0.25) is 4.79 Å². The molecule has 0 unspecified atom stereocenters. The molecule has 0 amide bonds. The van der Waals surface area contributed by atoms with Crippen molar-refractivity contribution in [3.05, 3.63) is 85.0 Å². The molecule has 2 aromatic carbocycles. The molecule has 6 heteroatoms. The summed E-state index contributed by atoms with van der Waals surface area (Å²) < 4.78 is 13.1. The van der Waals surface area contributed by atoms with Gasteiger partial charge in [0.05, 0.1) is 12.1 Å². The minimum atomic E-state index is -0.100. The van der Waals surface area contributed by atoms with Crippen molar-refractivity contribution in [3.8, 4) is 11.5 Å². The Bertz CT molecular complexity index is 861. The Labute approximate surface area is 151 Å². The Balaban J connectivity index is 1.81. The summed E-state index contributed by atoms with van der Waals surface area (Å²) in [6.07, 6.45) is 4.74. The van der Waals surface area contributed by atoms with E-state index in [4.69, 9.17) is 9.47 Å². The van der Waals surface area contributed by atoms with E-state index in [-0.39, 0.29) is 5.78 Å². The highest BCUT2D eigenvalue weighted by Crippen LogP contribution is 2.27. The zero-order valence-corrected chi connectivity index (χ0v) is 14.2. The van der Waals surface area contributed by atoms with E-state index in [2.05, 4.69) is 16.7 Å². The highest BCUT2D eigenvalue weighted by atomic mass is 16.5. The Morgan fingerprint density at radius 2 is 2.00 bits per heavy atom. The normalized spacial score (nSPS) is 10.3. The molecule has 0 N–H and O–H groups in total. The zero-order chi connectivity index (χ0) is 18.2. The monoisotopic (exact) mass is 349 g/mol. The van der Waals surface area contributed by atoms with Crippen LogP contribution in [0.1, 0.15) is 15.9 Å². The smallest absolute Gasteiger partial charge is 0.196 e. The molecular weight excluding hydrogens is 330 g/mol. The predicted molar refractivity (Wildman–Crippen MR) is 97.5 cm³/mol. The van der Waals surface area contributed by atoms with Crippen molar-refractivity contribution in [2.24, 2.45) is 0 Å². The van der Waals surface area contributed by atoms with Crippen LogP contribution in [0.4, 0.5) is 0 Å². The van der Waals surface area contributed by atoms with Crippen molar-refractivity contribution in [3.63, 3.8) is 0 Å². The fourth-order valence-corrected chi connectivity index (χ4v) is 2.40. The van der Waals surface area contributed by atoms with Gasteiger partial charge in [0.25, 0.3) is 0 Å². The van der Waals surface area contributed by atoms with Gasteiger partial charge in [-0.1, -0.05) is 43.0 Å². The fraction of sp³-hybridized carbons (Fsp3) is 0.150. The van der Waals surface area contributed by atoms with Gasteiger partial charge < -0.3 is 9.47 Å². The molecule has 1 aromatic heterocycles. The number of hydrogen-bond acceptors (Lipinski definition) is 5. The maximum Gasteiger partial charge on any atom is 0.196 e. The molecule has 0 spiro atoms. The van der Waals surface area contributed by atoms with Crippen molar-refractivity contribution >= 4 is 5.78 Å². The topological polar surface area (TPSA) is 66.2 Å². The molecule has 3 rings (SSSR count). The number of carbonyl (C=O) groups is 1. The van der Waals surface area contributed by atoms with Gasteiger partial charge in [-0.15, -0.1) is 0 Å². The van der Waals surface area contributed by atoms with E-state index >= 15 is 0 Å². The third-order valence-electron chi connectivity index (χ3n) is 3.65. The van der Waals surface area contributed by atoms with Gasteiger partial charge >= 0.3 is 0 Å².